The third-order valence-corrected chi connectivity index (χ3v) is 5.68. The van der Waals surface area contributed by atoms with E-state index in [0.717, 1.165) is 16.3 Å². The van der Waals surface area contributed by atoms with E-state index < -0.39 is 0 Å². The van der Waals surface area contributed by atoms with Crippen LogP contribution < -0.4 is 5.32 Å². The number of rotatable bonds is 6. The Labute approximate surface area is 178 Å². The first kappa shape index (κ1) is 20.2. The first-order chi connectivity index (χ1) is 14.5. The molecule has 1 aromatic carbocycles. The van der Waals surface area contributed by atoms with E-state index in [4.69, 9.17) is 4.42 Å². The number of furan rings is 1. The molecule has 0 unspecified atom stereocenters. The van der Waals surface area contributed by atoms with Crippen molar-refractivity contribution in [1.82, 2.24) is 14.9 Å². The molecule has 3 heterocycles. The third kappa shape index (κ3) is 4.88. The minimum Gasteiger partial charge on any atom is -0.467 e. The smallest absolute Gasteiger partial charge is 0.229 e. The minimum atomic E-state index is -0.370. The van der Waals surface area contributed by atoms with Crippen LogP contribution in [0.25, 0.3) is 0 Å². The van der Waals surface area contributed by atoms with E-state index in [1.165, 1.54) is 11.8 Å². The molecule has 7 nitrogen and oxygen atoms in total. The fraction of sp³-hybridized carbons (Fsp3) is 0.273. The monoisotopic (exact) mass is 422 g/mol. The SMILES string of the molecule is Cc1cc(C)nc(Sc2ccc(NC(=O)[C@H]3CC(=O)N(Cc4ccco4)C3)cc2)n1. The van der Waals surface area contributed by atoms with Crippen LogP contribution in [-0.2, 0) is 16.1 Å². The number of hydrogen-bond acceptors (Lipinski definition) is 6. The standard InChI is InChI=1S/C22H22N4O3S/c1-14-10-15(2)24-22(23-14)30-19-7-5-17(6-8-19)25-21(28)16-11-20(27)26(12-16)13-18-4-3-9-29-18/h3-10,16H,11-13H2,1-2H3,(H,25,28)/t16-/m0/s1. The molecule has 4 rings (SSSR count). The molecule has 1 fully saturated rings. The molecular formula is C22H22N4O3S. The lowest BCUT2D eigenvalue weighted by atomic mass is 10.1. The molecule has 154 valence electrons. The number of aromatic nitrogens is 2. The van der Waals surface area contributed by atoms with Gasteiger partial charge in [0.2, 0.25) is 11.8 Å². The van der Waals surface area contributed by atoms with Gasteiger partial charge in [-0.2, -0.15) is 0 Å². The number of aryl methyl sites for hydroxylation is 2. The lowest BCUT2D eigenvalue weighted by Gasteiger charge is -2.15. The highest BCUT2D eigenvalue weighted by molar-refractivity contribution is 7.99. The molecule has 0 saturated carbocycles. The number of hydrogen-bond donors (Lipinski definition) is 1. The van der Waals surface area contributed by atoms with Gasteiger partial charge in [0.05, 0.1) is 18.7 Å². The molecule has 2 amide bonds. The van der Waals surface area contributed by atoms with Crippen molar-refractivity contribution in [3.05, 3.63) is 65.9 Å². The van der Waals surface area contributed by atoms with Gasteiger partial charge in [0.1, 0.15) is 5.76 Å². The fourth-order valence-electron chi connectivity index (χ4n) is 3.39. The normalized spacial score (nSPS) is 16.1. The summed E-state index contributed by atoms with van der Waals surface area (Å²) in [5.41, 5.74) is 2.56. The number of nitrogens with zero attached hydrogens (tertiary/aromatic N) is 3. The molecule has 0 spiro atoms. The second-order valence-corrected chi connectivity index (χ2v) is 8.34. The van der Waals surface area contributed by atoms with Crippen LogP contribution in [0.3, 0.4) is 0 Å². The Morgan fingerprint density at radius 3 is 2.60 bits per heavy atom. The number of amides is 2. The summed E-state index contributed by atoms with van der Waals surface area (Å²) < 4.78 is 5.30. The zero-order valence-electron chi connectivity index (χ0n) is 16.8. The summed E-state index contributed by atoms with van der Waals surface area (Å²) in [5, 5.41) is 3.61. The van der Waals surface area contributed by atoms with E-state index in [1.807, 2.05) is 50.2 Å². The average Bonchev–Trinajstić information content (AvgIpc) is 3.33. The highest BCUT2D eigenvalue weighted by Crippen LogP contribution is 2.27. The Hall–Kier alpha value is -3.13. The van der Waals surface area contributed by atoms with Gasteiger partial charge in [0, 0.05) is 34.9 Å². The summed E-state index contributed by atoms with van der Waals surface area (Å²) in [7, 11) is 0. The van der Waals surface area contributed by atoms with Gasteiger partial charge in [-0.3, -0.25) is 9.59 Å². The van der Waals surface area contributed by atoms with Crippen molar-refractivity contribution in [1.29, 1.82) is 0 Å². The predicted octanol–water partition coefficient (Wildman–Crippen LogP) is 3.82. The third-order valence-electron chi connectivity index (χ3n) is 4.80. The van der Waals surface area contributed by atoms with Crippen molar-refractivity contribution in [2.45, 2.75) is 36.9 Å². The Morgan fingerprint density at radius 1 is 1.20 bits per heavy atom. The molecule has 0 aliphatic carbocycles. The Morgan fingerprint density at radius 2 is 1.93 bits per heavy atom. The molecule has 1 saturated heterocycles. The second kappa shape index (κ2) is 8.71. The van der Waals surface area contributed by atoms with Crippen molar-refractivity contribution >= 4 is 29.3 Å². The molecule has 1 aliphatic heterocycles. The van der Waals surface area contributed by atoms with Gasteiger partial charge < -0.3 is 14.6 Å². The van der Waals surface area contributed by atoms with Crippen molar-refractivity contribution in [3.63, 3.8) is 0 Å². The summed E-state index contributed by atoms with van der Waals surface area (Å²) in [4.78, 5) is 36.4. The maximum atomic E-state index is 12.6. The largest absolute Gasteiger partial charge is 0.467 e. The van der Waals surface area contributed by atoms with E-state index in [1.54, 1.807) is 17.2 Å². The van der Waals surface area contributed by atoms with Crippen molar-refractivity contribution in [2.24, 2.45) is 5.92 Å². The first-order valence-electron chi connectivity index (χ1n) is 9.67. The lowest BCUT2D eigenvalue weighted by Crippen LogP contribution is -2.27. The van der Waals surface area contributed by atoms with Gasteiger partial charge in [-0.05, 0) is 68.1 Å². The molecular weight excluding hydrogens is 400 g/mol. The zero-order valence-corrected chi connectivity index (χ0v) is 17.6. The number of likely N-dealkylation sites (tertiary alicyclic amines) is 1. The summed E-state index contributed by atoms with van der Waals surface area (Å²) in [6.45, 7) is 4.67. The summed E-state index contributed by atoms with van der Waals surface area (Å²) >= 11 is 1.48. The maximum absolute atomic E-state index is 12.6. The highest BCUT2D eigenvalue weighted by atomic mass is 32.2. The predicted molar refractivity (Wildman–Crippen MR) is 113 cm³/mol. The summed E-state index contributed by atoms with van der Waals surface area (Å²) in [5.74, 6) is 0.158. The van der Waals surface area contributed by atoms with Crippen molar-refractivity contribution in [2.75, 3.05) is 11.9 Å². The molecule has 0 radical (unpaired) electrons. The van der Waals surface area contributed by atoms with Crippen LogP contribution >= 0.6 is 11.8 Å². The number of nitrogens with one attached hydrogen (secondary N) is 1. The molecule has 0 bridgehead atoms. The lowest BCUT2D eigenvalue weighted by molar-refractivity contribution is -0.128. The van der Waals surface area contributed by atoms with Gasteiger partial charge in [-0.1, -0.05) is 0 Å². The maximum Gasteiger partial charge on any atom is 0.229 e. The van der Waals surface area contributed by atoms with Crippen molar-refractivity contribution in [3.8, 4) is 0 Å². The molecule has 1 aliphatic rings. The van der Waals surface area contributed by atoms with Gasteiger partial charge >= 0.3 is 0 Å². The molecule has 1 atom stereocenters. The van der Waals surface area contributed by atoms with Gasteiger partial charge in [0.25, 0.3) is 0 Å². The second-order valence-electron chi connectivity index (χ2n) is 7.30. The summed E-state index contributed by atoms with van der Waals surface area (Å²) in [6, 6.07) is 13.1. The van der Waals surface area contributed by atoms with Crippen LogP contribution in [0.4, 0.5) is 5.69 Å². The van der Waals surface area contributed by atoms with Crippen molar-refractivity contribution < 1.29 is 14.0 Å². The van der Waals surface area contributed by atoms with Gasteiger partial charge in [-0.25, -0.2) is 9.97 Å². The Bertz CT molecular complexity index is 1030. The molecule has 1 N–H and O–H groups in total. The molecule has 2 aromatic heterocycles. The number of benzene rings is 1. The quantitative estimate of drug-likeness (QED) is 0.608. The van der Waals surface area contributed by atoms with E-state index in [0.29, 0.717) is 29.7 Å². The molecule has 3 aromatic rings. The minimum absolute atomic E-state index is 0.0354. The van der Waals surface area contributed by atoms with E-state index in [-0.39, 0.29) is 24.2 Å². The zero-order chi connectivity index (χ0) is 21.1. The Kier molecular flexibility index (Phi) is 5.85. The number of anilines is 1. The number of carbonyl (C=O) groups is 2. The van der Waals surface area contributed by atoms with Gasteiger partial charge in [-0.15, -0.1) is 0 Å². The molecule has 30 heavy (non-hydrogen) atoms. The van der Waals surface area contributed by atoms with Crippen LogP contribution in [0.15, 0.2) is 63.2 Å². The van der Waals surface area contributed by atoms with Crippen LogP contribution in [0, 0.1) is 19.8 Å². The topological polar surface area (TPSA) is 88.3 Å². The Balaban J connectivity index is 1.34. The first-order valence-corrected chi connectivity index (χ1v) is 10.5. The van der Waals surface area contributed by atoms with E-state index >= 15 is 0 Å². The average molecular weight is 423 g/mol. The fourth-order valence-corrected chi connectivity index (χ4v) is 4.25. The number of carbonyl (C=O) groups excluding carboxylic acids is 2. The highest BCUT2D eigenvalue weighted by Gasteiger charge is 2.34. The summed E-state index contributed by atoms with van der Waals surface area (Å²) in [6.07, 6.45) is 1.79. The van der Waals surface area contributed by atoms with Crippen LogP contribution in [0.2, 0.25) is 0 Å². The van der Waals surface area contributed by atoms with Gasteiger partial charge in [0.15, 0.2) is 5.16 Å². The van der Waals surface area contributed by atoms with Crippen LogP contribution in [0.1, 0.15) is 23.6 Å². The molecule has 8 heteroatoms. The van der Waals surface area contributed by atoms with Crippen LogP contribution in [0.5, 0.6) is 0 Å². The van der Waals surface area contributed by atoms with E-state index in [9.17, 15) is 9.59 Å². The van der Waals surface area contributed by atoms with Crippen LogP contribution in [-0.4, -0.2) is 33.2 Å². The van der Waals surface area contributed by atoms with E-state index in [2.05, 4.69) is 15.3 Å².